The Hall–Kier alpha value is -2.09. The molecule has 0 fully saturated rings. The topological polar surface area (TPSA) is 95.7 Å². The van der Waals surface area contributed by atoms with Crippen LogP contribution in [0.3, 0.4) is 0 Å². The van der Waals surface area contributed by atoms with Crippen LogP contribution >= 0.6 is 23.2 Å². The van der Waals surface area contributed by atoms with Crippen molar-refractivity contribution < 1.29 is 19.3 Å². The summed E-state index contributed by atoms with van der Waals surface area (Å²) in [4.78, 5) is 25.4. The number of carbonyl (C=O) groups is 2. The van der Waals surface area contributed by atoms with Crippen LogP contribution in [-0.4, -0.2) is 28.7 Å². The third kappa shape index (κ3) is 3.63. The summed E-state index contributed by atoms with van der Waals surface area (Å²) >= 11 is 12.2. The molecule has 0 spiro atoms. The maximum atomic E-state index is 12.5. The maximum absolute atomic E-state index is 12.5. The number of aromatic nitrogens is 1. The van der Waals surface area contributed by atoms with Crippen LogP contribution in [-0.2, 0) is 17.6 Å². The fraction of sp³-hybridized carbons (Fsp3) is 0.312. The van der Waals surface area contributed by atoms with Gasteiger partial charge in [0.1, 0.15) is 5.76 Å². The summed E-state index contributed by atoms with van der Waals surface area (Å²) in [5.74, 6) is -0.275. The highest BCUT2D eigenvalue weighted by Gasteiger charge is 2.27. The van der Waals surface area contributed by atoms with Crippen molar-refractivity contribution >= 4 is 40.7 Å². The Bertz CT molecular complexity index is 822. The van der Waals surface area contributed by atoms with Crippen molar-refractivity contribution in [1.29, 1.82) is 0 Å². The van der Waals surface area contributed by atoms with E-state index in [1.54, 1.807) is 11.0 Å². The predicted octanol–water partition coefficient (Wildman–Crippen LogP) is 3.01. The quantitative estimate of drug-likeness (QED) is 0.610. The monoisotopic (exact) mass is 383 g/mol. The molecule has 25 heavy (non-hydrogen) atoms. The molecule has 7 nitrogen and oxygen atoms in total. The third-order valence-corrected chi connectivity index (χ3v) is 4.90. The molecule has 0 atom stereocenters. The van der Waals surface area contributed by atoms with Gasteiger partial charge < -0.3 is 9.42 Å². The van der Waals surface area contributed by atoms with Crippen LogP contribution in [0, 0.1) is 0 Å². The molecule has 0 unspecified atom stereocenters. The summed E-state index contributed by atoms with van der Waals surface area (Å²) in [5, 5.41) is 13.1. The molecule has 2 heterocycles. The molecule has 0 bridgehead atoms. The summed E-state index contributed by atoms with van der Waals surface area (Å²) in [5.41, 5.74) is 3.18. The first-order valence-electron chi connectivity index (χ1n) is 7.68. The zero-order valence-electron chi connectivity index (χ0n) is 13.1. The molecule has 0 saturated heterocycles. The van der Waals surface area contributed by atoms with E-state index in [0.717, 1.165) is 11.3 Å². The average molecular weight is 384 g/mol. The second kappa shape index (κ2) is 7.43. The molecule has 9 heteroatoms. The number of hydroxylamine groups is 1. The number of nitrogens with one attached hydrogen (secondary N) is 1. The van der Waals surface area contributed by atoms with Gasteiger partial charge in [-0.1, -0.05) is 28.4 Å². The highest BCUT2D eigenvalue weighted by atomic mass is 35.5. The number of nitrogens with zero attached hydrogens (tertiary/aromatic N) is 2. The lowest BCUT2D eigenvalue weighted by atomic mass is 10.1. The predicted molar refractivity (Wildman–Crippen MR) is 91.2 cm³/mol. The third-order valence-electron chi connectivity index (χ3n) is 4.06. The number of rotatable bonds is 5. The second-order valence-electron chi connectivity index (χ2n) is 5.63. The summed E-state index contributed by atoms with van der Waals surface area (Å²) in [6.07, 6.45) is 2.00. The summed E-state index contributed by atoms with van der Waals surface area (Å²) < 4.78 is 5.00. The van der Waals surface area contributed by atoms with Crippen molar-refractivity contribution in [3.8, 4) is 0 Å². The van der Waals surface area contributed by atoms with Gasteiger partial charge in [0.25, 0.3) is 5.91 Å². The Labute approximate surface area is 153 Å². The lowest BCUT2D eigenvalue weighted by Crippen LogP contribution is -2.28. The van der Waals surface area contributed by atoms with Gasteiger partial charge in [-0.15, -0.1) is 0 Å². The molecular formula is C16H15Cl2N3O4. The molecule has 1 aliphatic rings. The normalized spacial score (nSPS) is 13.0. The van der Waals surface area contributed by atoms with Gasteiger partial charge in [0, 0.05) is 31.1 Å². The van der Waals surface area contributed by atoms with E-state index in [1.165, 1.54) is 11.5 Å². The number of fused-ring (bicyclic) bond motifs is 1. The van der Waals surface area contributed by atoms with E-state index < -0.39 is 5.91 Å². The Balaban J connectivity index is 1.57. The summed E-state index contributed by atoms with van der Waals surface area (Å²) in [6.45, 7) is 0.581. The fourth-order valence-electron chi connectivity index (χ4n) is 2.82. The standard InChI is InChI=1S/C16H15Cl2N3O4/c17-11-4-5-13-10(15(11)18)6-7-21(13)14(22)3-1-2-9-8-12(20-25-9)16(23)19-24/h4-5,8,24H,1-3,6-7H2,(H,19,23). The average Bonchev–Trinajstić information content (AvgIpc) is 3.24. The minimum atomic E-state index is -0.740. The molecule has 2 aromatic rings. The number of hydrogen-bond acceptors (Lipinski definition) is 5. The van der Waals surface area contributed by atoms with E-state index in [1.807, 2.05) is 6.07 Å². The molecule has 2 N–H and O–H groups in total. The lowest BCUT2D eigenvalue weighted by Gasteiger charge is -2.17. The Morgan fingerprint density at radius 3 is 2.92 bits per heavy atom. The van der Waals surface area contributed by atoms with Crippen LogP contribution in [0.2, 0.25) is 10.0 Å². The molecule has 1 aliphatic heterocycles. The number of anilines is 1. The minimum absolute atomic E-state index is 0.00928. The number of amides is 2. The first-order chi connectivity index (χ1) is 12.0. The zero-order valence-corrected chi connectivity index (χ0v) is 14.6. The van der Waals surface area contributed by atoms with Gasteiger partial charge >= 0.3 is 0 Å². The number of carbonyl (C=O) groups excluding carboxylic acids is 2. The van der Waals surface area contributed by atoms with Crippen molar-refractivity contribution in [2.45, 2.75) is 25.7 Å². The molecule has 1 aromatic carbocycles. The number of benzene rings is 1. The van der Waals surface area contributed by atoms with E-state index in [9.17, 15) is 9.59 Å². The van der Waals surface area contributed by atoms with Crippen molar-refractivity contribution in [3.05, 3.63) is 45.3 Å². The SMILES string of the molecule is O=C(NO)c1cc(CCCC(=O)N2CCc3c2ccc(Cl)c3Cl)on1. The van der Waals surface area contributed by atoms with Gasteiger partial charge in [0.05, 0.1) is 10.0 Å². The van der Waals surface area contributed by atoms with Crippen molar-refractivity contribution in [2.24, 2.45) is 0 Å². The first-order valence-corrected chi connectivity index (χ1v) is 8.44. The fourth-order valence-corrected chi connectivity index (χ4v) is 3.25. The highest BCUT2D eigenvalue weighted by Crippen LogP contribution is 2.38. The van der Waals surface area contributed by atoms with Crippen LogP contribution in [0.25, 0.3) is 0 Å². The van der Waals surface area contributed by atoms with E-state index in [-0.39, 0.29) is 11.6 Å². The van der Waals surface area contributed by atoms with Gasteiger partial charge in [-0.05, 0) is 30.5 Å². The Kier molecular flexibility index (Phi) is 5.27. The van der Waals surface area contributed by atoms with Crippen molar-refractivity contribution in [2.75, 3.05) is 11.4 Å². The van der Waals surface area contributed by atoms with Crippen LogP contribution in [0.1, 0.15) is 34.7 Å². The Morgan fingerprint density at radius 1 is 1.36 bits per heavy atom. The minimum Gasteiger partial charge on any atom is -0.361 e. The van der Waals surface area contributed by atoms with E-state index >= 15 is 0 Å². The molecule has 0 saturated carbocycles. The molecule has 2 amide bonds. The van der Waals surface area contributed by atoms with E-state index in [4.69, 9.17) is 32.9 Å². The van der Waals surface area contributed by atoms with Gasteiger partial charge in [0.15, 0.2) is 5.69 Å². The van der Waals surface area contributed by atoms with Crippen LogP contribution in [0.15, 0.2) is 22.7 Å². The van der Waals surface area contributed by atoms with Crippen LogP contribution in [0.4, 0.5) is 5.69 Å². The molecule has 0 aliphatic carbocycles. The molecular weight excluding hydrogens is 369 g/mol. The number of halogens is 2. The maximum Gasteiger partial charge on any atom is 0.296 e. The summed E-state index contributed by atoms with van der Waals surface area (Å²) in [6, 6.07) is 4.93. The zero-order chi connectivity index (χ0) is 18.0. The second-order valence-corrected chi connectivity index (χ2v) is 6.41. The van der Waals surface area contributed by atoms with Gasteiger partial charge in [0.2, 0.25) is 5.91 Å². The largest absolute Gasteiger partial charge is 0.361 e. The van der Waals surface area contributed by atoms with E-state index in [0.29, 0.717) is 48.0 Å². The molecule has 1 aromatic heterocycles. The van der Waals surface area contributed by atoms with Crippen LogP contribution < -0.4 is 10.4 Å². The van der Waals surface area contributed by atoms with Crippen LogP contribution in [0.5, 0.6) is 0 Å². The van der Waals surface area contributed by atoms with E-state index in [2.05, 4.69) is 5.16 Å². The molecule has 3 rings (SSSR count). The first kappa shape index (κ1) is 17.7. The molecule has 132 valence electrons. The number of hydrogen-bond donors (Lipinski definition) is 2. The van der Waals surface area contributed by atoms with Crippen molar-refractivity contribution in [1.82, 2.24) is 10.6 Å². The smallest absolute Gasteiger partial charge is 0.296 e. The lowest BCUT2D eigenvalue weighted by molar-refractivity contribution is -0.118. The van der Waals surface area contributed by atoms with Gasteiger partial charge in [-0.25, -0.2) is 5.48 Å². The van der Waals surface area contributed by atoms with Gasteiger partial charge in [-0.3, -0.25) is 14.8 Å². The Morgan fingerprint density at radius 2 is 2.16 bits per heavy atom. The molecule has 0 radical (unpaired) electrons. The van der Waals surface area contributed by atoms with Crippen molar-refractivity contribution in [3.63, 3.8) is 0 Å². The highest BCUT2D eigenvalue weighted by molar-refractivity contribution is 6.42. The number of aryl methyl sites for hydroxylation is 1. The summed E-state index contributed by atoms with van der Waals surface area (Å²) in [7, 11) is 0. The van der Waals surface area contributed by atoms with Gasteiger partial charge in [-0.2, -0.15) is 0 Å².